The molecule has 1 aromatic heterocycles. The quantitative estimate of drug-likeness (QED) is 0.704. The molecule has 2 aromatic rings. The van der Waals surface area contributed by atoms with Gasteiger partial charge < -0.3 is 15.4 Å². The van der Waals surface area contributed by atoms with Crippen LogP contribution in [-0.4, -0.2) is 27.4 Å². The van der Waals surface area contributed by atoms with Gasteiger partial charge >= 0.3 is 6.09 Å². The second-order valence-electron chi connectivity index (χ2n) is 8.08. The molecular formula is C22H28N4O3. The minimum absolute atomic E-state index is 0.271. The number of hydrogen-bond acceptors (Lipinski definition) is 4. The van der Waals surface area contributed by atoms with E-state index in [4.69, 9.17) is 8.85 Å². The van der Waals surface area contributed by atoms with Crippen molar-refractivity contribution in [3.05, 3.63) is 48.2 Å². The van der Waals surface area contributed by atoms with E-state index in [9.17, 15) is 9.59 Å². The van der Waals surface area contributed by atoms with Crippen molar-refractivity contribution in [1.29, 1.82) is 0 Å². The van der Waals surface area contributed by atoms with Gasteiger partial charge in [0, 0.05) is 16.7 Å². The molecule has 2 heterocycles. The second-order valence-corrected chi connectivity index (χ2v) is 8.08. The summed E-state index contributed by atoms with van der Waals surface area (Å²) in [5.74, 6) is -0.764. The molecule has 0 spiro atoms. The van der Waals surface area contributed by atoms with Crippen molar-refractivity contribution in [1.82, 2.24) is 15.1 Å². The third-order valence-corrected chi connectivity index (χ3v) is 4.49. The van der Waals surface area contributed by atoms with E-state index < -0.39 is 30.6 Å². The van der Waals surface area contributed by atoms with Crippen LogP contribution in [0.15, 0.2) is 42.6 Å². The lowest BCUT2D eigenvalue weighted by molar-refractivity contribution is -0.118. The van der Waals surface area contributed by atoms with Gasteiger partial charge in [0.25, 0.3) is 0 Å². The van der Waals surface area contributed by atoms with E-state index in [2.05, 4.69) is 15.7 Å². The Morgan fingerprint density at radius 3 is 2.93 bits per heavy atom. The molecular weight excluding hydrogens is 368 g/mol. The summed E-state index contributed by atoms with van der Waals surface area (Å²) < 4.78 is 29.8. The molecule has 2 atom stereocenters. The Labute approximate surface area is 175 Å². The highest BCUT2D eigenvalue weighted by molar-refractivity contribution is 5.96. The summed E-state index contributed by atoms with van der Waals surface area (Å²) in [6, 6.07) is 6.71. The molecule has 2 N–H and O–H groups in total. The Balaban J connectivity index is 2.10. The minimum Gasteiger partial charge on any atom is -0.444 e. The van der Waals surface area contributed by atoms with Crippen LogP contribution in [0.2, 0.25) is 0 Å². The van der Waals surface area contributed by atoms with Gasteiger partial charge in [-0.15, -0.1) is 0 Å². The van der Waals surface area contributed by atoms with Gasteiger partial charge in [0.2, 0.25) is 5.91 Å². The predicted molar refractivity (Wildman–Crippen MR) is 112 cm³/mol. The largest absolute Gasteiger partial charge is 0.444 e. The number of ether oxygens (including phenoxy) is 1. The van der Waals surface area contributed by atoms with E-state index in [1.165, 1.54) is 6.20 Å². The molecule has 3 rings (SSSR count). The number of fused-ring (bicyclic) bond motifs is 4. The highest BCUT2D eigenvalue weighted by Crippen LogP contribution is 2.31. The predicted octanol–water partition coefficient (Wildman–Crippen LogP) is 4.19. The first-order valence-corrected chi connectivity index (χ1v) is 9.51. The Bertz CT molecular complexity index is 1040. The van der Waals surface area contributed by atoms with Crippen LogP contribution in [0.4, 0.5) is 10.5 Å². The molecule has 0 aliphatic carbocycles. The average molecular weight is 400 g/mol. The maximum absolute atomic E-state index is 12.7. The van der Waals surface area contributed by atoms with E-state index in [0.717, 1.165) is 10.2 Å². The Hall–Kier alpha value is -3.09. The number of carbonyl (C=O) groups excluding carboxylic acids is 2. The summed E-state index contributed by atoms with van der Waals surface area (Å²) in [6.07, 6.45) is 4.79. The second kappa shape index (κ2) is 8.11. The van der Waals surface area contributed by atoms with Crippen molar-refractivity contribution in [3.63, 3.8) is 0 Å². The smallest absolute Gasteiger partial charge is 0.408 e. The zero-order chi connectivity index (χ0) is 23.7. The van der Waals surface area contributed by atoms with E-state index in [1.54, 1.807) is 52.0 Å². The molecule has 2 amide bonds. The van der Waals surface area contributed by atoms with Gasteiger partial charge in [-0.25, -0.2) is 4.79 Å². The highest BCUT2D eigenvalue weighted by atomic mass is 16.6. The Morgan fingerprint density at radius 2 is 2.21 bits per heavy atom. The van der Waals surface area contributed by atoms with Gasteiger partial charge in [-0.1, -0.05) is 37.3 Å². The topological polar surface area (TPSA) is 85.2 Å². The monoisotopic (exact) mass is 399 g/mol. The molecule has 0 saturated heterocycles. The van der Waals surface area contributed by atoms with Crippen molar-refractivity contribution >= 4 is 17.7 Å². The van der Waals surface area contributed by atoms with Crippen molar-refractivity contribution < 1.29 is 18.4 Å². The van der Waals surface area contributed by atoms with Crippen LogP contribution in [-0.2, 0) is 16.5 Å². The highest BCUT2D eigenvalue weighted by Gasteiger charge is 2.22. The molecule has 154 valence electrons. The SMILES string of the molecule is [2H]C([2H])([2H])n1ncc2c1-c1cccc(c1)[C@@H](NC(=O)OC(C)(C)C)C/C=C/[C@@H](C)C(=O)N2. The van der Waals surface area contributed by atoms with E-state index >= 15 is 0 Å². The standard InChI is InChI=1S/C22H28N4O3/c1-14-8-6-11-17(25-21(28)29-22(2,3)4)15-9-7-10-16(12-15)19-18(24-20(14)27)13-23-26(19)5/h6-10,12-14,17H,11H2,1-5H3,(H,24,27)(H,25,28)/b8-6+/t14-,17+/m1/s1/i5D3. The van der Waals surface area contributed by atoms with Crippen LogP contribution in [0, 0.1) is 5.92 Å². The lowest BCUT2D eigenvalue weighted by Crippen LogP contribution is -2.35. The first-order chi connectivity index (χ1) is 14.8. The maximum Gasteiger partial charge on any atom is 0.408 e. The van der Waals surface area contributed by atoms with Gasteiger partial charge in [-0.2, -0.15) is 5.10 Å². The molecule has 7 nitrogen and oxygen atoms in total. The molecule has 7 heteroatoms. The third-order valence-electron chi connectivity index (χ3n) is 4.49. The fourth-order valence-corrected chi connectivity index (χ4v) is 3.10. The first-order valence-electron chi connectivity index (χ1n) is 11.0. The number of aryl methyl sites for hydroxylation is 1. The van der Waals surface area contributed by atoms with Crippen molar-refractivity contribution in [2.45, 2.75) is 45.8 Å². The summed E-state index contributed by atoms with van der Waals surface area (Å²) >= 11 is 0. The van der Waals surface area contributed by atoms with Gasteiger partial charge in [0.15, 0.2) is 0 Å². The summed E-state index contributed by atoms with van der Waals surface area (Å²) in [4.78, 5) is 25.1. The van der Waals surface area contributed by atoms with E-state index in [-0.39, 0.29) is 11.6 Å². The van der Waals surface area contributed by atoms with Crippen molar-refractivity contribution in [3.8, 4) is 11.3 Å². The van der Waals surface area contributed by atoms with Crippen LogP contribution in [0.3, 0.4) is 0 Å². The summed E-state index contributed by atoms with van der Waals surface area (Å²) in [5.41, 5.74) is 1.25. The van der Waals surface area contributed by atoms with Crippen LogP contribution >= 0.6 is 0 Å². The van der Waals surface area contributed by atoms with Crippen LogP contribution < -0.4 is 10.6 Å². The number of benzene rings is 1. The van der Waals surface area contributed by atoms with Crippen LogP contribution in [0.25, 0.3) is 11.3 Å². The normalized spacial score (nSPS) is 22.5. The summed E-state index contributed by atoms with van der Waals surface area (Å²) in [6.45, 7) is 4.55. The van der Waals surface area contributed by atoms with Gasteiger partial charge in [-0.05, 0) is 38.8 Å². The zero-order valence-corrected chi connectivity index (χ0v) is 17.0. The number of anilines is 1. The molecule has 0 saturated carbocycles. The number of amides is 2. The lowest BCUT2D eigenvalue weighted by atomic mass is 9.98. The number of nitrogens with zero attached hydrogens (tertiary/aromatic N) is 2. The fourth-order valence-electron chi connectivity index (χ4n) is 3.10. The number of alkyl carbamates (subject to hydrolysis) is 1. The summed E-state index contributed by atoms with van der Waals surface area (Å²) in [5, 5.41) is 9.68. The van der Waals surface area contributed by atoms with Gasteiger partial charge in [0.1, 0.15) is 5.60 Å². The zero-order valence-electron chi connectivity index (χ0n) is 20.0. The Kier molecular flexibility index (Phi) is 4.70. The third kappa shape index (κ3) is 5.04. The molecule has 0 unspecified atom stereocenters. The van der Waals surface area contributed by atoms with Gasteiger partial charge in [0.05, 0.1) is 29.5 Å². The first kappa shape index (κ1) is 16.8. The number of hydrogen-bond donors (Lipinski definition) is 2. The van der Waals surface area contributed by atoms with E-state index in [1.807, 2.05) is 12.1 Å². The molecule has 0 fully saturated rings. The minimum atomic E-state index is -2.54. The van der Waals surface area contributed by atoms with Crippen LogP contribution in [0.5, 0.6) is 0 Å². The Morgan fingerprint density at radius 1 is 1.41 bits per heavy atom. The molecule has 1 aromatic carbocycles. The molecule has 1 aliphatic heterocycles. The van der Waals surface area contributed by atoms with Crippen LogP contribution in [0.1, 0.15) is 49.8 Å². The summed E-state index contributed by atoms with van der Waals surface area (Å²) in [7, 11) is 0. The maximum atomic E-state index is 12.7. The molecule has 1 aliphatic rings. The van der Waals surface area contributed by atoms with Crippen molar-refractivity contribution in [2.24, 2.45) is 12.9 Å². The number of aromatic nitrogens is 2. The van der Waals surface area contributed by atoms with Gasteiger partial charge in [-0.3, -0.25) is 9.48 Å². The average Bonchev–Trinajstić information content (AvgIpc) is 3.09. The number of carbonyl (C=O) groups is 2. The number of nitrogens with one attached hydrogen (secondary N) is 2. The lowest BCUT2D eigenvalue weighted by Gasteiger charge is -2.24. The fraction of sp³-hybridized carbons (Fsp3) is 0.409. The van der Waals surface area contributed by atoms with E-state index in [0.29, 0.717) is 17.7 Å². The molecule has 0 radical (unpaired) electrons. The number of rotatable bonds is 1. The molecule has 2 bridgehead atoms. The van der Waals surface area contributed by atoms with Crippen molar-refractivity contribution in [2.75, 3.05) is 5.32 Å². The molecule has 29 heavy (non-hydrogen) atoms.